The summed E-state index contributed by atoms with van der Waals surface area (Å²) < 4.78 is 6.86. The van der Waals surface area contributed by atoms with Gasteiger partial charge in [-0.1, -0.05) is 94.4 Å². The van der Waals surface area contributed by atoms with Crippen molar-refractivity contribution in [3.63, 3.8) is 0 Å². The maximum atomic E-state index is 10.3. The normalized spacial score (nSPS) is 14.5. The van der Waals surface area contributed by atoms with Gasteiger partial charge in [-0.15, -0.1) is 6.58 Å². The number of benzene rings is 2. The largest absolute Gasteiger partial charge is 0.407 e. The van der Waals surface area contributed by atoms with Gasteiger partial charge in [0, 0.05) is 6.61 Å². The highest BCUT2D eigenvalue weighted by Gasteiger charge is 2.49. The first-order valence-corrected chi connectivity index (χ1v) is 12.3. The standard InChI is InChI=1S/C25H36O2Si/c1-6-21(2)20-22(26)14-13-19-27-28(25(3,4)5,23-15-9-7-10-16-23)24-17-11-8-12-18-24/h6-12,15-18,21-22,26H,1,13-14,19-20H2,2-5H3/t21-,22+/m1/s1. The summed E-state index contributed by atoms with van der Waals surface area (Å²) in [6, 6.07) is 21.4. The molecule has 0 aliphatic heterocycles. The second-order valence-corrected chi connectivity index (χ2v) is 13.1. The Morgan fingerprint density at radius 2 is 1.50 bits per heavy atom. The third kappa shape index (κ3) is 5.44. The van der Waals surface area contributed by atoms with Crippen LogP contribution >= 0.6 is 0 Å². The molecule has 0 saturated heterocycles. The molecular weight excluding hydrogens is 360 g/mol. The van der Waals surface area contributed by atoms with E-state index in [1.54, 1.807) is 0 Å². The molecule has 0 aliphatic carbocycles. The summed E-state index contributed by atoms with van der Waals surface area (Å²) in [5.41, 5.74) is 0. The first kappa shape index (κ1) is 22.6. The molecule has 2 nitrogen and oxygen atoms in total. The molecule has 0 heterocycles. The van der Waals surface area contributed by atoms with Crippen molar-refractivity contribution in [3.05, 3.63) is 73.3 Å². The molecule has 28 heavy (non-hydrogen) atoms. The Hall–Kier alpha value is -1.68. The third-order valence-corrected chi connectivity index (χ3v) is 10.5. The Morgan fingerprint density at radius 3 is 1.93 bits per heavy atom. The van der Waals surface area contributed by atoms with Crippen molar-refractivity contribution in [2.45, 2.75) is 58.1 Å². The molecule has 2 atom stereocenters. The second kappa shape index (κ2) is 10.2. The molecule has 152 valence electrons. The van der Waals surface area contributed by atoms with Crippen molar-refractivity contribution in [2.75, 3.05) is 6.61 Å². The number of aliphatic hydroxyl groups excluding tert-OH is 1. The fourth-order valence-electron chi connectivity index (χ4n) is 3.95. The molecule has 2 rings (SSSR count). The molecule has 2 aromatic carbocycles. The average molecular weight is 397 g/mol. The summed E-state index contributed by atoms with van der Waals surface area (Å²) in [5.74, 6) is 0.340. The quantitative estimate of drug-likeness (QED) is 0.351. The summed E-state index contributed by atoms with van der Waals surface area (Å²) in [5, 5.41) is 12.9. The van der Waals surface area contributed by atoms with Gasteiger partial charge in [0.1, 0.15) is 0 Å². The second-order valence-electron chi connectivity index (χ2n) is 8.76. The maximum absolute atomic E-state index is 10.3. The Morgan fingerprint density at radius 1 is 1.00 bits per heavy atom. The Labute approximate surface area is 172 Å². The van der Waals surface area contributed by atoms with Crippen LogP contribution < -0.4 is 10.4 Å². The summed E-state index contributed by atoms with van der Waals surface area (Å²) in [7, 11) is -2.46. The van der Waals surface area contributed by atoms with Gasteiger partial charge in [-0.25, -0.2) is 0 Å². The molecule has 0 bridgehead atoms. The van der Waals surface area contributed by atoms with Crippen LogP contribution in [0, 0.1) is 5.92 Å². The highest BCUT2D eigenvalue weighted by Crippen LogP contribution is 2.36. The van der Waals surface area contributed by atoms with Crippen molar-refractivity contribution in [1.82, 2.24) is 0 Å². The monoisotopic (exact) mass is 396 g/mol. The first-order chi connectivity index (χ1) is 13.3. The van der Waals surface area contributed by atoms with Crippen LogP contribution in [-0.2, 0) is 4.43 Å². The minimum Gasteiger partial charge on any atom is -0.407 e. The minimum atomic E-state index is -2.46. The average Bonchev–Trinajstić information content (AvgIpc) is 2.68. The number of hydrogen-bond donors (Lipinski definition) is 1. The van der Waals surface area contributed by atoms with Crippen molar-refractivity contribution < 1.29 is 9.53 Å². The van der Waals surface area contributed by atoms with E-state index in [9.17, 15) is 5.11 Å². The van der Waals surface area contributed by atoms with Gasteiger partial charge in [-0.3, -0.25) is 0 Å². The predicted octanol–water partition coefficient (Wildman–Crippen LogP) is 4.92. The summed E-state index contributed by atoms with van der Waals surface area (Å²) in [4.78, 5) is 0. The van der Waals surface area contributed by atoms with Gasteiger partial charge in [0.05, 0.1) is 6.10 Å². The van der Waals surface area contributed by atoms with E-state index in [0.29, 0.717) is 12.5 Å². The molecule has 0 aromatic heterocycles. The lowest BCUT2D eigenvalue weighted by atomic mass is 10.0. The Bertz CT molecular complexity index is 667. The van der Waals surface area contributed by atoms with Crippen LogP contribution in [0.3, 0.4) is 0 Å². The van der Waals surface area contributed by atoms with Crippen LogP contribution in [0.5, 0.6) is 0 Å². The van der Waals surface area contributed by atoms with E-state index in [1.165, 1.54) is 10.4 Å². The van der Waals surface area contributed by atoms with Crippen molar-refractivity contribution in [2.24, 2.45) is 5.92 Å². The van der Waals surface area contributed by atoms with Gasteiger partial charge in [0.25, 0.3) is 8.32 Å². The zero-order chi connectivity index (χ0) is 20.6. The molecule has 0 radical (unpaired) electrons. The lowest BCUT2D eigenvalue weighted by Crippen LogP contribution is -2.66. The molecule has 0 unspecified atom stereocenters. The smallest absolute Gasteiger partial charge is 0.261 e. The minimum absolute atomic E-state index is 0.00826. The highest BCUT2D eigenvalue weighted by atomic mass is 28.4. The topological polar surface area (TPSA) is 29.5 Å². The molecule has 0 aliphatic rings. The molecule has 0 fully saturated rings. The van der Waals surface area contributed by atoms with Gasteiger partial charge in [-0.2, -0.15) is 0 Å². The van der Waals surface area contributed by atoms with Crippen molar-refractivity contribution in [1.29, 1.82) is 0 Å². The summed E-state index contributed by atoms with van der Waals surface area (Å²) in [6.07, 6.45) is 3.99. The van der Waals surface area contributed by atoms with E-state index < -0.39 is 8.32 Å². The third-order valence-electron chi connectivity index (χ3n) is 5.46. The van der Waals surface area contributed by atoms with Gasteiger partial charge in [0.2, 0.25) is 0 Å². The first-order valence-electron chi connectivity index (χ1n) is 10.4. The SMILES string of the molecule is C=C[C@@H](C)C[C@@H](O)CCCO[Si](c1ccccc1)(c1ccccc1)C(C)(C)C. The number of aliphatic hydroxyl groups is 1. The molecule has 1 N–H and O–H groups in total. The number of allylic oxidation sites excluding steroid dienone is 1. The van der Waals surface area contributed by atoms with E-state index in [1.807, 2.05) is 6.08 Å². The van der Waals surface area contributed by atoms with E-state index in [4.69, 9.17) is 4.43 Å². The lowest BCUT2D eigenvalue weighted by molar-refractivity contribution is 0.132. The molecule has 2 aromatic rings. The zero-order valence-electron chi connectivity index (χ0n) is 17.9. The van der Waals surface area contributed by atoms with Crippen molar-refractivity contribution >= 4 is 18.7 Å². The van der Waals surface area contributed by atoms with Crippen LogP contribution in [0.1, 0.15) is 47.0 Å². The highest BCUT2D eigenvalue weighted by molar-refractivity contribution is 6.99. The van der Waals surface area contributed by atoms with Gasteiger partial charge >= 0.3 is 0 Å². The van der Waals surface area contributed by atoms with Gasteiger partial charge in [-0.05, 0) is 40.6 Å². The lowest BCUT2D eigenvalue weighted by Gasteiger charge is -2.43. The van der Waals surface area contributed by atoms with E-state index in [-0.39, 0.29) is 11.1 Å². The zero-order valence-corrected chi connectivity index (χ0v) is 18.9. The van der Waals surface area contributed by atoms with Crippen molar-refractivity contribution in [3.8, 4) is 0 Å². The predicted molar refractivity (Wildman–Crippen MR) is 123 cm³/mol. The molecule has 0 saturated carbocycles. The Balaban J connectivity index is 2.23. The van der Waals surface area contributed by atoms with E-state index in [0.717, 1.165) is 19.3 Å². The van der Waals surface area contributed by atoms with Crippen LogP contribution in [0.4, 0.5) is 0 Å². The van der Waals surface area contributed by atoms with Crippen LogP contribution in [0.25, 0.3) is 0 Å². The van der Waals surface area contributed by atoms with E-state index in [2.05, 4.69) is 94.9 Å². The molecule has 0 spiro atoms. The molecule has 3 heteroatoms. The molecule has 0 amide bonds. The fraction of sp³-hybridized carbons (Fsp3) is 0.440. The number of rotatable bonds is 10. The maximum Gasteiger partial charge on any atom is 0.261 e. The number of hydrogen-bond acceptors (Lipinski definition) is 2. The fourth-order valence-corrected chi connectivity index (χ4v) is 8.56. The molecular formula is C25H36O2Si. The summed E-state index contributed by atoms with van der Waals surface area (Å²) in [6.45, 7) is 13.4. The Kier molecular flexibility index (Phi) is 8.23. The van der Waals surface area contributed by atoms with Crippen LogP contribution in [0.2, 0.25) is 5.04 Å². The summed E-state index contributed by atoms with van der Waals surface area (Å²) >= 11 is 0. The van der Waals surface area contributed by atoms with Crippen LogP contribution in [-0.4, -0.2) is 26.1 Å². The van der Waals surface area contributed by atoms with Gasteiger partial charge in [0.15, 0.2) is 0 Å². The van der Waals surface area contributed by atoms with Gasteiger partial charge < -0.3 is 9.53 Å². The van der Waals surface area contributed by atoms with Crippen LogP contribution in [0.15, 0.2) is 73.3 Å². The van der Waals surface area contributed by atoms with E-state index >= 15 is 0 Å².